The summed E-state index contributed by atoms with van der Waals surface area (Å²) in [6.07, 6.45) is 6.57. The predicted molar refractivity (Wildman–Crippen MR) is 165 cm³/mol. The number of aliphatic hydroxyl groups is 2. The number of hydrogen-bond acceptors (Lipinski definition) is 13. The average molecular weight is 709 g/mol. The van der Waals surface area contributed by atoms with Crippen LogP contribution in [-0.4, -0.2) is 77.6 Å². The molecule has 276 valence electrons. The molecule has 1 saturated carbocycles. The summed E-state index contributed by atoms with van der Waals surface area (Å²) in [7, 11) is 0. The van der Waals surface area contributed by atoms with Crippen molar-refractivity contribution in [2.24, 2.45) is 11.8 Å². The summed E-state index contributed by atoms with van der Waals surface area (Å²) in [5.74, 6) is -0.434. The first kappa shape index (κ1) is 42.6. The maximum atomic E-state index is 12.7. The molecule has 2 unspecified atom stereocenters. The number of halogens is 3. The van der Waals surface area contributed by atoms with E-state index in [1.54, 1.807) is 6.08 Å². The fourth-order valence-electron chi connectivity index (χ4n) is 4.62. The van der Waals surface area contributed by atoms with E-state index in [4.69, 9.17) is 9.47 Å². The van der Waals surface area contributed by atoms with Crippen LogP contribution in [0.25, 0.3) is 0 Å². The maximum absolute atomic E-state index is 12.7. The Morgan fingerprint density at radius 3 is 2.47 bits per heavy atom. The number of hydrogen-bond donors (Lipinski definition) is 2. The van der Waals surface area contributed by atoms with Gasteiger partial charge < -0.3 is 34.1 Å². The molecule has 0 amide bonds. The summed E-state index contributed by atoms with van der Waals surface area (Å²) in [6, 6.07) is 4.58. The van der Waals surface area contributed by atoms with Crippen LogP contribution in [0, 0.1) is 32.1 Å². The minimum absolute atomic E-state index is 0.0250. The van der Waals surface area contributed by atoms with Crippen LogP contribution >= 0.6 is 0 Å². The zero-order chi connectivity index (χ0) is 36.7. The number of rotatable bonds is 22. The fourth-order valence-corrected chi connectivity index (χ4v) is 4.62. The highest BCUT2D eigenvalue weighted by atomic mass is 19.4. The van der Waals surface area contributed by atoms with E-state index in [2.05, 4.69) is 33.5 Å². The van der Waals surface area contributed by atoms with Gasteiger partial charge in [0.15, 0.2) is 6.10 Å². The molecule has 15 nitrogen and oxygen atoms in total. The molecular formula is C31H43F3N2O13. The van der Waals surface area contributed by atoms with Gasteiger partial charge in [-0.2, -0.15) is 13.2 Å². The minimum atomic E-state index is -4.43. The molecule has 1 aliphatic carbocycles. The first-order valence-electron chi connectivity index (χ1n) is 15.6. The van der Waals surface area contributed by atoms with Crippen molar-refractivity contribution in [3.63, 3.8) is 0 Å². The van der Waals surface area contributed by atoms with E-state index >= 15 is 0 Å². The van der Waals surface area contributed by atoms with Crippen molar-refractivity contribution in [2.45, 2.75) is 82.8 Å². The first-order valence-corrected chi connectivity index (χ1v) is 15.6. The standard InChI is InChI=1S/C23H31F3O3.C8H12N2O10/c1-2-3-4-5-6-8-17-11-14-22(28)21(17)13-12-19(27)16-29-20-10-7-9-18(15-20)23(24,25)26;11-6-17-4-7(5-19-10(15)16)20-8(12)2-1-3-18-9(13)14/h5-7,9-10,12-13,15,17,19,21-22,27-28H,2-4,8,11,14,16H2,1H3;6-7H,1-5H2/b6-5-,13-12+;/t17-,19+,21?,22+;/m0./s1. The molecule has 0 radical (unpaired) electrons. The van der Waals surface area contributed by atoms with E-state index in [1.165, 1.54) is 18.6 Å². The molecule has 0 bridgehead atoms. The second-order valence-electron chi connectivity index (χ2n) is 10.8. The van der Waals surface area contributed by atoms with Crippen LogP contribution in [0.5, 0.6) is 5.75 Å². The quantitative estimate of drug-likeness (QED) is 0.0415. The number of alkyl halides is 3. The summed E-state index contributed by atoms with van der Waals surface area (Å²) >= 11 is 0. The van der Waals surface area contributed by atoms with Gasteiger partial charge in [0.25, 0.3) is 16.6 Å². The molecule has 1 fully saturated rings. The molecule has 0 saturated heterocycles. The van der Waals surface area contributed by atoms with Crippen molar-refractivity contribution in [3.05, 3.63) is 74.4 Å². The van der Waals surface area contributed by atoms with Crippen LogP contribution in [0.15, 0.2) is 48.6 Å². The fraction of sp³-hybridized carbons (Fsp3) is 0.613. The normalized spacial score (nSPS) is 18.6. The highest BCUT2D eigenvalue weighted by Crippen LogP contribution is 2.36. The highest BCUT2D eigenvalue weighted by molar-refractivity contribution is 5.69. The smallest absolute Gasteiger partial charge is 0.416 e. The third-order valence-electron chi connectivity index (χ3n) is 7.03. The van der Waals surface area contributed by atoms with Gasteiger partial charge in [-0.3, -0.25) is 9.59 Å². The minimum Gasteiger partial charge on any atom is -0.491 e. The highest BCUT2D eigenvalue weighted by Gasteiger charge is 2.32. The number of nitrogens with zero attached hydrogens (tertiary/aromatic N) is 2. The summed E-state index contributed by atoms with van der Waals surface area (Å²) in [6.45, 7) is 0.791. The molecule has 2 N–H and O–H groups in total. The molecule has 18 heteroatoms. The van der Waals surface area contributed by atoms with Crippen molar-refractivity contribution in [3.8, 4) is 5.75 Å². The number of unbranched alkanes of at least 4 members (excludes halogenated alkanes) is 2. The van der Waals surface area contributed by atoms with Crippen LogP contribution in [0.1, 0.15) is 63.9 Å². The van der Waals surface area contributed by atoms with Crippen molar-refractivity contribution in [2.75, 3.05) is 26.4 Å². The van der Waals surface area contributed by atoms with Gasteiger partial charge in [-0.15, -0.1) is 20.2 Å². The molecule has 0 spiro atoms. The molecule has 49 heavy (non-hydrogen) atoms. The van der Waals surface area contributed by atoms with Gasteiger partial charge in [0.1, 0.15) is 31.7 Å². The summed E-state index contributed by atoms with van der Waals surface area (Å²) in [5, 5.41) is 38.1. The van der Waals surface area contributed by atoms with E-state index in [0.717, 1.165) is 44.2 Å². The van der Waals surface area contributed by atoms with Gasteiger partial charge >= 0.3 is 12.1 Å². The van der Waals surface area contributed by atoms with Crippen molar-refractivity contribution in [1.82, 2.24) is 0 Å². The lowest BCUT2D eigenvalue weighted by molar-refractivity contribution is -0.759. The zero-order valence-electron chi connectivity index (χ0n) is 27.0. The molecule has 1 aromatic rings. The molecular weight excluding hydrogens is 665 g/mol. The average Bonchev–Trinajstić information content (AvgIpc) is 3.40. The van der Waals surface area contributed by atoms with Crippen molar-refractivity contribution in [1.29, 1.82) is 0 Å². The second-order valence-corrected chi connectivity index (χ2v) is 10.8. The van der Waals surface area contributed by atoms with Gasteiger partial charge in [-0.25, -0.2) is 0 Å². The largest absolute Gasteiger partial charge is 0.491 e. The van der Waals surface area contributed by atoms with Crippen LogP contribution in [-0.2, 0) is 34.9 Å². The Morgan fingerprint density at radius 1 is 1.08 bits per heavy atom. The van der Waals surface area contributed by atoms with E-state index < -0.39 is 59.4 Å². The van der Waals surface area contributed by atoms with E-state index in [0.29, 0.717) is 5.92 Å². The number of esters is 1. The first-order chi connectivity index (χ1) is 23.3. The van der Waals surface area contributed by atoms with Gasteiger partial charge in [0.05, 0.1) is 18.3 Å². The van der Waals surface area contributed by atoms with Crippen LogP contribution in [0.4, 0.5) is 13.2 Å². The molecule has 1 aromatic carbocycles. The Labute approximate surface area is 280 Å². The summed E-state index contributed by atoms with van der Waals surface area (Å²) in [5.41, 5.74) is -0.788. The SMILES string of the molecule is CCCC/C=C\C[C@H]1CC[C@@H](O)C1/C=C/[C@@H](O)COc1cccc(C(F)(F)F)c1.O=COCC(CO[N+](=O)[O-])OC(=O)CCCO[N+](=O)[O-]. The number of benzene rings is 1. The Bertz CT molecular complexity index is 1200. The lowest BCUT2D eigenvalue weighted by Gasteiger charge is -2.18. The molecule has 0 aliphatic heterocycles. The van der Waals surface area contributed by atoms with Crippen LogP contribution < -0.4 is 4.74 Å². The molecule has 1 aliphatic rings. The van der Waals surface area contributed by atoms with Gasteiger partial charge in [0, 0.05) is 12.3 Å². The van der Waals surface area contributed by atoms with Crippen LogP contribution in [0.3, 0.4) is 0 Å². The molecule has 0 heterocycles. The number of carbonyl (C=O) groups is 2. The third-order valence-corrected chi connectivity index (χ3v) is 7.03. The lowest BCUT2D eigenvalue weighted by Crippen LogP contribution is -2.29. The predicted octanol–water partition coefficient (Wildman–Crippen LogP) is 4.79. The van der Waals surface area contributed by atoms with Crippen molar-refractivity contribution >= 4 is 12.4 Å². The summed E-state index contributed by atoms with van der Waals surface area (Å²) < 4.78 is 52.6. The maximum Gasteiger partial charge on any atom is 0.416 e. The summed E-state index contributed by atoms with van der Waals surface area (Å²) in [4.78, 5) is 49.1. The lowest BCUT2D eigenvalue weighted by atomic mass is 9.91. The van der Waals surface area contributed by atoms with Gasteiger partial charge in [-0.1, -0.05) is 50.1 Å². The third kappa shape index (κ3) is 19.8. The molecule has 2 rings (SSSR count). The zero-order valence-corrected chi connectivity index (χ0v) is 27.0. The molecule has 5 atom stereocenters. The Hall–Kier alpha value is -4.45. The number of allylic oxidation sites excluding steroid dienone is 2. The van der Waals surface area contributed by atoms with Gasteiger partial charge in [0.2, 0.25) is 0 Å². The number of carbonyl (C=O) groups excluding carboxylic acids is 2. The Kier molecular flexibility index (Phi) is 20.7. The Morgan fingerprint density at radius 2 is 1.82 bits per heavy atom. The van der Waals surface area contributed by atoms with E-state index in [9.17, 15) is 53.2 Å². The number of aliphatic hydroxyl groups excluding tert-OH is 2. The topological polar surface area (TPSA) is 207 Å². The second kappa shape index (κ2) is 23.8. The number of ether oxygens (including phenoxy) is 3. The molecule has 0 aromatic heterocycles. The van der Waals surface area contributed by atoms with E-state index in [-0.39, 0.29) is 44.2 Å². The monoisotopic (exact) mass is 708 g/mol. The van der Waals surface area contributed by atoms with Crippen LogP contribution in [0.2, 0.25) is 0 Å². The van der Waals surface area contributed by atoms with Gasteiger partial charge in [-0.05, 0) is 56.2 Å². The Balaban J connectivity index is 0.000000528. The van der Waals surface area contributed by atoms with Crippen molar-refractivity contribution < 1.29 is 67.0 Å². The van der Waals surface area contributed by atoms with E-state index in [1.807, 2.05) is 6.08 Å².